The molecule has 0 aromatic carbocycles. The number of nitrogens with one attached hydrogen (secondary N) is 1. The highest BCUT2D eigenvalue weighted by molar-refractivity contribution is 5.28. The SMILES string of the molecule is CCn1ncc(OC)c1C(C)C(C)CNC(C)C. The Bertz CT molecular complexity index is 338. The Labute approximate surface area is 111 Å². The van der Waals surface area contributed by atoms with Gasteiger partial charge in [-0.25, -0.2) is 0 Å². The first kappa shape index (κ1) is 15.0. The Kier molecular flexibility index (Phi) is 5.66. The highest BCUT2D eigenvalue weighted by atomic mass is 16.5. The van der Waals surface area contributed by atoms with E-state index in [-0.39, 0.29) is 0 Å². The quantitative estimate of drug-likeness (QED) is 0.812. The lowest BCUT2D eigenvalue weighted by atomic mass is 9.92. The van der Waals surface area contributed by atoms with Gasteiger partial charge in [-0.2, -0.15) is 5.10 Å². The van der Waals surface area contributed by atoms with E-state index in [1.54, 1.807) is 7.11 Å². The molecule has 1 heterocycles. The van der Waals surface area contributed by atoms with Crippen molar-refractivity contribution in [2.75, 3.05) is 13.7 Å². The molecule has 1 rings (SSSR count). The average molecular weight is 253 g/mol. The molecule has 4 heteroatoms. The third-order valence-electron chi connectivity index (χ3n) is 3.50. The van der Waals surface area contributed by atoms with E-state index in [2.05, 4.69) is 45.0 Å². The molecule has 0 saturated carbocycles. The summed E-state index contributed by atoms with van der Waals surface area (Å²) in [5, 5.41) is 7.87. The van der Waals surface area contributed by atoms with E-state index in [4.69, 9.17) is 4.74 Å². The van der Waals surface area contributed by atoms with Crippen LogP contribution in [0.25, 0.3) is 0 Å². The van der Waals surface area contributed by atoms with Gasteiger partial charge in [0.1, 0.15) is 0 Å². The molecule has 18 heavy (non-hydrogen) atoms. The molecule has 1 aromatic rings. The fourth-order valence-corrected chi connectivity index (χ4v) is 2.11. The van der Waals surface area contributed by atoms with Crippen LogP contribution in [0.3, 0.4) is 0 Å². The van der Waals surface area contributed by atoms with Gasteiger partial charge >= 0.3 is 0 Å². The second kappa shape index (κ2) is 6.78. The van der Waals surface area contributed by atoms with Gasteiger partial charge in [-0.05, 0) is 19.4 Å². The predicted molar refractivity (Wildman–Crippen MR) is 75.2 cm³/mol. The number of rotatable bonds is 7. The van der Waals surface area contributed by atoms with Gasteiger partial charge in [0.05, 0.1) is 19.0 Å². The first-order chi connectivity index (χ1) is 8.51. The van der Waals surface area contributed by atoms with Crippen molar-refractivity contribution < 1.29 is 4.74 Å². The minimum absolute atomic E-state index is 0.425. The summed E-state index contributed by atoms with van der Waals surface area (Å²) < 4.78 is 7.46. The standard InChI is InChI=1S/C14H27N3O/c1-7-17-14(13(18-6)9-16-17)12(5)11(4)8-15-10(2)3/h9-12,15H,7-8H2,1-6H3. The molecule has 0 aliphatic carbocycles. The van der Waals surface area contributed by atoms with E-state index in [0.717, 1.165) is 18.8 Å². The molecule has 0 aliphatic rings. The van der Waals surface area contributed by atoms with Crippen LogP contribution < -0.4 is 10.1 Å². The third kappa shape index (κ3) is 3.48. The van der Waals surface area contributed by atoms with Crippen molar-refractivity contribution >= 4 is 0 Å². The van der Waals surface area contributed by atoms with Crippen molar-refractivity contribution in [1.82, 2.24) is 15.1 Å². The second-order valence-corrected chi connectivity index (χ2v) is 5.24. The van der Waals surface area contributed by atoms with Gasteiger partial charge in [0.15, 0.2) is 5.75 Å². The summed E-state index contributed by atoms with van der Waals surface area (Å²) in [7, 11) is 1.71. The van der Waals surface area contributed by atoms with Crippen LogP contribution >= 0.6 is 0 Å². The second-order valence-electron chi connectivity index (χ2n) is 5.24. The van der Waals surface area contributed by atoms with E-state index in [0.29, 0.717) is 17.9 Å². The van der Waals surface area contributed by atoms with Crippen molar-refractivity contribution in [2.45, 2.75) is 53.1 Å². The van der Waals surface area contributed by atoms with E-state index in [1.807, 2.05) is 10.9 Å². The highest BCUT2D eigenvalue weighted by Gasteiger charge is 2.22. The molecule has 0 spiro atoms. The molecule has 2 atom stereocenters. The maximum atomic E-state index is 5.42. The lowest BCUT2D eigenvalue weighted by molar-refractivity contribution is 0.373. The molecular weight excluding hydrogens is 226 g/mol. The molecule has 1 aromatic heterocycles. The monoisotopic (exact) mass is 253 g/mol. The molecule has 0 radical (unpaired) electrons. The number of nitrogens with zero attached hydrogens (tertiary/aromatic N) is 2. The Morgan fingerprint density at radius 1 is 1.33 bits per heavy atom. The van der Waals surface area contributed by atoms with Crippen LogP contribution in [0.1, 0.15) is 46.2 Å². The molecule has 0 bridgehead atoms. The van der Waals surface area contributed by atoms with Crippen LogP contribution in [0.15, 0.2) is 6.20 Å². The zero-order valence-electron chi connectivity index (χ0n) is 12.5. The van der Waals surface area contributed by atoms with Gasteiger partial charge in [-0.15, -0.1) is 0 Å². The van der Waals surface area contributed by atoms with Gasteiger partial charge in [0, 0.05) is 18.5 Å². The normalized spacial score (nSPS) is 14.8. The number of hydrogen-bond acceptors (Lipinski definition) is 3. The Balaban J connectivity index is 2.81. The van der Waals surface area contributed by atoms with E-state index in [1.165, 1.54) is 5.69 Å². The van der Waals surface area contributed by atoms with Crippen LogP contribution in [-0.4, -0.2) is 29.5 Å². The summed E-state index contributed by atoms with van der Waals surface area (Å²) in [4.78, 5) is 0. The maximum Gasteiger partial charge on any atom is 0.160 e. The first-order valence-corrected chi connectivity index (χ1v) is 6.84. The third-order valence-corrected chi connectivity index (χ3v) is 3.50. The van der Waals surface area contributed by atoms with Gasteiger partial charge < -0.3 is 10.1 Å². The molecular formula is C14H27N3O. The number of hydrogen-bond donors (Lipinski definition) is 1. The van der Waals surface area contributed by atoms with Gasteiger partial charge in [-0.1, -0.05) is 27.7 Å². The molecule has 1 N–H and O–H groups in total. The topological polar surface area (TPSA) is 39.1 Å². The number of aryl methyl sites for hydroxylation is 1. The molecule has 4 nitrogen and oxygen atoms in total. The predicted octanol–water partition coefficient (Wildman–Crippen LogP) is 2.65. The smallest absolute Gasteiger partial charge is 0.160 e. The summed E-state index contributed by atoms with van der Waals surface area (Å²) in [5.74, 6) is 1.87. The minimum Gasteiger partial charge on any atom is -0.493 e. The fourth-order valence-electron chi connectivity index (χ4n) is 2.11. The Morgan fingerprint density at radius 3 is 2.50 bits per heavy atom. The number of aromatic nitrogens is 2. The summed E-state index contributed by atoms with van der Waals surface area (Å²) in [6.07, 6.45) is 1.82. The zero-order chi connectivity index (χ0) is 13.7. The zero-order valence-corrected chi connectivity index (χ0v) is 12.5. The highest BCUT2D eigenvalue weighted by Crippen LogP contribution is 2.31. The van der Waals surface area contributed by atoms with Crippen molar-refractivity contribution in [2.24, 2.45) is 5.92 Å². The molecule has 0 aliphatic heterocycles. The van der Waals surface area contributed by atoms with Crippen LogP contribution in [0.4, 0.5) is 0 Å². The average Bonchev–Trinajstić information content (AvgIpc) is 2.77. The molecule has 0 saturated heterocycles. The molecule has 104 valence electrons. The molecule has 2 unspecified atom stereocenters. The van der Waals surface area contributed by atoms with Gasteiger partial charge in [-0.3, -0.25) is 4.68 Å². The summed E-state index contributed by atoms with van der Waals surface area (Å²) in [5.41, 5.74) is 1.21. The van der Waals surface area contributed by atoms with Gasteiger partial charge in [0.2, 0.25) is 0 Å². The number of ether oxygens (including phenoxy) is 1. The Morgan fingerprint density at radius 2 is 2.00 bits per heavy atom. The molecule has 0 amide bonds. The van der Waals surface area contributed by atoms with E-state index in [9.17, 15) is 0 Å². The van der Waals surface area contributed by atoms with Crippen molar-refractivity contribution in [1.29, 1.82) is 0 Å². The maximum absolute atomic E-state index is 5.42. The lowest BCUT2D eigenvalue weighted by Crippen LogP contribution is -2.30. The van der Waals surface area contributed by atoms with Gasteiger partial charge in [0.25, 0.3) is 0 Å². The summed E-state index contributed by atoms with van der Waals surface area (Å²) in [6, 6.07) is 0.526. The minimum atomic E-state index is 0.425. The van der Waals surface area contributed by atoms with E-state index >= 15 is 0 Å². The van der Waals surface area contributed by atoms with Crippen LogP contribution in [-0.2, 0) is 6.54 Å². The summed E-state index contributed by atoms with van der Waals surface area (Å²) >= 11 is 0. The van der Waals surface area contributed by atoms with Crippen LogP contribution in [0, 0.1) is 5.92 Å². The van der Waals surface area contributed by atoms with Crippen LogP contribution in [0.5, 0.6) is 5.75 Å². The first-order valence-electron chi connectivity index (χ1n) is 6.84. The lowest BCUT2D eigenvalue weighted by Gasteiger charge is -2.23. The van der Waals surface area contributed by atoms with Crippen LogP contribution in [0.2, 0.25) is 0 Å². The van der Waals surface area contributed by atoms with Crippen molar-refractivity contribution in [3.8, 4) is 5.75 Å². The fraction of sp³-hybridized carbons (Fsp3) is 0.786. The molecule has 0 fully saturated rings. The summed E-state index contributed by atoms with van der Waals surface area (Å²) in [6.45, 7) is 12.9. The number of methoxy groups -OCH3 is 1. The Hall–Kier alpha value is -1.03. The largest absolute Gasteiger partial charge is 0.493 e. The van der Waals surface area contributed by atoms with E-state index < -0.39 is 0 Å². The van der Waals surface area contributed by atoms with Crippen molar-refractivity contribution in [3.63, 3.8) is 0 Å². The van der Waals surface area contributed by atoms with Crippen molar-refractivity contribution in [3.05, 3.63) is 11.9 Å².